The molecule has 114 valence electrons. The van der Waals surface area contributed by atoms with Crippen LogP contribution in [0.5, 0.6) is 0 Å². The van der Waals surface area contributed by atoms with E-state index in [1.54, 1.807) is 12.5 Å². The van der Waals surface area contributed by atoms with Gasteiger partial charge < -0.3 is 4.90 Å². The largest absolute Gasteiger partial charge is 0.354 e. The van der Waals surface area contributed by atoms with Crippen LogP contribution in [-0.4, -0.2) is 47.6 Å². The molecule has 5 heteroatoms. The van der Waals surface area contributed by atoms with Gasteiger partial charge >= 0.3 is 0 Å². The SMILES string of the molecule is Brc1ccc(/C=C/CN2CCN(c3ccncn3)CC2)cc1. The lowest BCUT2D eigenvalue weighted by molar-refractivity contribution is 0.283. The zero-order chi connectivity index (χ0) is 15.2. The Kier molecular flexibility index (Phi) is 5.19. The summed E-state index contributed by atoms with van der Waals surface area (Å²) in [6, 6.07) is 10.4. The molecule has 0 aliphatic carbocycles. The van der Waals surface area contributed by atoms with E-state index in [9.17, 15) is 0 Å². The molecule has 3 rings (SSSR count). The van der Waals surface area contributed by atoms with Gasteiger partial charge in [-0.1, -0.05) is 40.2 Å². The number of hydrogen-bond donors (Lipinski definition) is 0. The second kappa shape index (κ2) is 7.51. The molecule has 2 heterocycles. The minimum absolute atomic E-state index is 0.994. The average molecular weight is 359 g/mol. The maximum absolute atomic E-state index is 4.31. The van der Waals surface area contributed by atoms with E-state index in [1.807, 2.05) is 6.07 Å². The molecule has 0 bridgehead atoms. The topological polar surface area (TPSA) is 32.3 Å². The van der Waals surface area contributed by atoms with Crippen LogP contribution >= 0.6 is 15.9 Å². The lowest BCUT2D eigenvalue weighted by Crippen LogP contribution is -2.46. The van der Waals surface area contributed by atoms with Crippen molar-refractivity contribution in [1.29, 1.82) is 0 Å². The molecule has 2 aromatic rings. The van der Waals surface area contributed by atoms with Crippen molar-refractivity contribution in [2.75, 3.05) is 37.6 Å². The molecule has 0 spiro atoms. The molecule has 1 aliphatic heterocycles. The number of nitrogens with zero attached hydrogens (tertiary/aromatic N) is 4. The number of anilines is 1. The fraction of sp³-hybridized carbons (Fsp3) is 0.294. The van der Waals surface area contributed by atoms with Crippen LogP contribution in [0, 0.1) is 0 Å². The van der Waals surface area contributed by atoms with Crippen molar-refractivity contribution in [3.8, 4) is 0 Å². The Morgan fingerprint density at radius 3 is 2.50 bits per heavy atom. The summed E-state index contributed by atoms with van der Waals surface area (Å²) in [5.41, 5.74) is 1.24. The van der Waals surface area contributed by atoms with Crippen LogP contribution in [0.4, 0.5) is 5.82 Å². The van der Waals surface area contributed by atoms with Crippen molar-refractivity contribution in [2.24, 2.45) is 0 Å². The van der Waals surface area contributed by atoms with Crippen LogP contribution in [0.1, 0.15) is 5.56 Å². The van der Waals surface area contributed by atoms with Gasteiger partial charge in [-0.2, -0.15) is 0 Å². The van der Waals surface area contributed by atoms with E-state index in [4.69, 9.17) is 0 Å². The molecule has 1 saturated heterocycles. The quantitative estimate of drug-likeness (QED) is 0.840. The predicted molar refractivity (Wildman–Crippen MR) is 93.9 cm³/mol. The summed E-state index contributed by atoms with van der Waals surface area (Å²) in [7, 11) is 0. The Labute approximate surface area is 139 Å². The zero-order valence-electron chi connectivity index (χ0n) is 12.4. The monoisotopic (exact) mass is 358 g/mol. The fourth-order valence-corrected chi connectivity index (χ4v) is 2.81. The van der Waals surface area contributed by atoms with E-state index >= 15 is 0 Å². The summed E-state index contributed by atoms with van der Waals surface area (Å²) < 4.78 is 1.12. The Bertz CT molecular complexity index is 604. The van der Waals surface area contributed by atoms with Gasteiger partial charge in [0.25, 0.3) is 0 Å². The molecule has 0 radical (unpaired) electrons. The van der Waals surface area contributed by atoms with Crippen molar-refractivity contribution >= 4 is 27.8 Å². The van der Waals surface area contributed by atoms with Crippen molar-refractivity contribution in [3.05, 3.63) is 59.0 Å². The van der Waals surface area contributed by atoms with Gasteiger partial charge in [-0.3, -0.25) is 4.90 Å². The summed E-state index contributed by atoms with van der Waals surface area (Å²) in [5.74, 6) is 1.03. The van der Waals surface area contributed by atoms with E-state index in [0.717, 1.165) is 43.0 Å². The average Bonchev–Trinajstić information content (AvgIpc) is 2.58. The number of piperazine rings is 1. The Balaban J connectivity index is 1.47. The first-order chi connectivity index (χ1) is 10.8. The number of benzene rings is 1. The number of hydrogen-bond acceptors (Lipinski definition) is 4. The first kappa shape index (κ1) is 15.2. The molecule has 1 fully saturated rings. The first-order valence-corrected chi connectivity index (χ1v) is 8.26. The second-order valence-corrected chi connectivity index (χ2v) is 6.22. The standard InChI is InChI=1S/C17H19BrN4/c18-16-5-3-15(4-6-16)2-1-9-21-10-12-22(13-11-21)17-7-8-19-14-20-17/h1-8,14H,9-13H2/b2-1+. The van der Waals surface area contributed by atoms with Crippen LogP contribution < -0.4 is 4.90 Å². The highest BCUT2D eigenvalue weighted by Crippen LogP contribution is 2.13. The summed E-state index contributed by atoms with van der Waals surface area (Å²) in [6.07, 6.45) is 7.84. The molecule has 1 aromatic heterocycles. The maximum atomic E-state index is 4.31. The van der Waals surface area contributed by atoms with Crippen molar-refractivity contribution in [2.45, 2.75) is 0 Å². The highest BCUT2D eigenvalue weighted by molar-refractivity contribution is 9.10. The van der Waals surface area contributed by atoms with Gasteiger partial charge in [0.1, 0.15) is 12.1 Å². The lowest BCUT2D eigenvalue weighted by atomic mass is 10.2. The maximum Gasteiger partial charge on any atom is 0.131 e. The fourth-order valence-electron chi connectivity index (χ4n) is 2.54. The molecule has 0 amide bonds. The summed E-state index contributed by atoms with van der Waals surface area (Å²) in [5, 5.41) is 0. The normalized spacial score (nSPS) is 16.3. The minimum Gasteiger partial charge on any atom is -0.354 e. The first-order valence-electron chi connectivity index (χ1n) is 7.47. The van der Waals surface area contributed by atoms with Gasteiger partial charge in [-0.25, -0.2) is 9.97 Å². The molecule has 22 heavy (non-hydrogen) atoms. The van der Waals surface area contributed by atoms with Crippen molar-refractivity contribution in [3.63, 3.8) is 0 Å². The third kappa shape index (κ3) is 4.15. The third-order valence-electron chi connectivity index (χ3n) is 3.81. The minimum atomic E-state index is 0.994. The van der Waals surface area contributed by atoms with E-state index in [2.05, 4.69) is 72.1 Å². The molecule has 1 aliphatic rings. The number of aromatic nitrogens is 2. The van der Waals surface area contributed by atoms with Crippen LogP contribution in [-0.2, 0) is 0 Å². The van der Waals surface area contributed by atoms with Crippen LogP contribution in [0.25, 0.3) is 6.08 Å². The Morgan fingerprint density at radius 1 is 1.05 bits per heavy atom. The summed E-state index contributed by atoms with van der Waals surface area (Å²) >= 11 is 3.46. The van der Waals surface area contributed by atoms with Gasteiger partial charge in [0, 0.05) is 43.4 Å². The molecule has 0 atom stereocenters. The Morgan fingerprint density at radius 2 is 1.82 bits per heavy atom. The summed E-state index contributed by atoms with van der Waals surface area (Å²) in [4.78, 5) is 13.1. The zero-order valence-corrected chi connectivity index (χ0v) is 14.0. The van der Waals surface area contributed by atoms with Gasteiger partial charge in [-0.05, 0) is 23.8 Å². The van der Waals surface area contributed by atoms with E-state index in [0.29, 0.717) is 0 Å². The van der Waals surface area contributed by atoms with Gasteiger partial charge in [0.15, 0.2) is 0 Å². The second-order valence-electron chi connectivity index (χ2n) is 5.31. The predicted octanol–water partition coefficient (Wildman–Crippen LogP) is 3.07. The van der Waals surface area contributed by atoms with Crippen molar-refractivity contribution < 1.29 is 0 Å². The molecular weight excluding hydrogens is 340 g/mol. The van der Waals surface area contributed by atoms with Crippen LogP contribution in [0.15, 0.2) is 53.4 Å². The Hall–Kier alpha value is -1.72. The van der Waals surface area contributed by atoms with Gasteiger partial charge in [0.05, 0.1) is 0 Å². The number of rotatable bonds is 4. The molecular formula is C17H19BrN4. The molecule has 0 unspecified atom stereocenters. The molecule has 0 N–H and O–H groups in total. The van der Waals surface area contributed by atoms with Gasteiger partial charge in [0.2, 0.25) is 0 Å². The highest BCUT2D eigenvalue weighted by atomic mass is 79.9. The van der Waals surface area contributed by atoms with Crippen LogP contribution in [0.3, 0.4) is 0 Å². The van der Waals surface area contributed by atoms with Gasteiger partial charge in [-0.15, -0.1) is 0 Å². The highest BCUT2D eigenvalue weighted by Gasteiger charge is 2.16. The summed E-state index contributed by atoms with van der Waals surface area (Å²) in [6.45, 7) is 5.16. The third-order valence-corrected chi connectivity index (χ3v) is 4.34. The van der Waals surface area contributed by atoms with E-state index < -0.39 is 0 Å². The van der Waals surface area contributed by atoms with Crippen LogP contribution in [0.2, 0.25) is 0 Å². The molecule has 4 nitrogen and oxygen atoms in total. The molecule has 1 aromatic carbocycles. The smallest absolute Gasteiger partial charge is 0.131 e. The van der Waals surface area contributed by atoms with Crippen molar-refractivity contribution in [1.82, 2.24) is 14.9 Å². The lowest BCUT2D eigenvalue weighted by Gasteiger charge is -2.34. The number of halogens is 1. The van der Waals surface area contributed by atoms with E-state index in [1.165, 1.54) is 5.56 Å². The van der Waals surface area contributed by atoms with E-state index in [-0.39, 0.29) is 0 Å². The molecule has 0 saturated carbocycles.